The Morgan fingerprint density at radius 1 is 1.24 bits per heavy atom. The normalized spacial score (nSPS) is 10.9. The first-order valence-corrected chi connectivity index (χ1v) is 7.11. The van der Waals surface area contributed by atoms with Gasteiger partial charge in [-0.25, -0.2) is 13.4 Å². The Balaban J connectivity index is 2.47. The number of nitrogen functional groups attached to an aromatic ring is 1. The number of sulfonamides is 1. The van der Waals surface area contributed by atoms with Crippen LogP contribution >= 0.6 is 0 Å². The van der Waals surface area contributed by atoms with E-state index >= 15 is 0 Å². The Kier molecular flexibility index (Phi) is 4.00. The lowest BCUT2D eigenvalue weighted by molar-refractivity contribution is -0.387. The molecule has 0 spiro atoms. The van der Waals surface area contributed by atoms with Crippen LogP contribution < -0.4 is 16.0 Å². The average molecular weight is 309 g/mol. The molecule has 2 rings (SSSR count). The number of hydrogen-bond acceptors (Lipinski definition) is 7. The van der Waals surface area contributed by atoms with E-state index in [1.807, 2.05) is 0 Å². The van der Waals surface area contributed by atoms with Crippen LogP contribution in [0.2, 0.25) is 0 Å². The Bertz CT molecular complexity index is 763. The van der Waals surface area contributed by atoms with E-state index in [0.717, 1.165) is 12.1 Å². The lowest BCUT2D eigenvalue weighted by atomic mass is 10.3. The molecule has 0 bridgehead atoms. The van der Waals surface area contributed by atoms with E-state index in [1.165, 1.54) is 18.3 Å². The van der Waals surface area contributed by atoms with Crippen molar-refractivity contribution in [2.24, 2.45) is 5.84 Å². The molecule has 0 amide bonds. The molecule has 0 fully saturated rings. The molecule has 0 aliphatic carbocycles. The molecule has 0 radical (unpaired) electrons. The van der Waals surface area contributed by atoms with E-state index in [0.29, 0.717) is 0 Å². The van der Waals surface area contributed by atoms with Gasteiger partial charge < -0.3 is 5.43 Å². The van der Waals surface area contributed by atoms with Crippen LogP contribution in [0.1, 0.15) is 0 Å². The van der Waals surface area contributed by atoms with Gasteiger partial charge in [0.25, 0.3) is 15.7 Å². The number of nitro benzene ring substituents is 1. The summed E-state index contributed by atoms with van der Waals surface area (Å²) in [5.74, 6) is 5.22. The third kappa shape index (κ3) is 3.24. The van der Waals surface area contributed by atoms with E-state index in [4.69, 9.17) is 5.84 Å². The molecule has 0 aliphatic heterocycles. The number of nitrogens with two attached hydrogens (primary N) is 1. The number of pyridine rings is 1. The Labute approximate surface area is 120 Å². The highest BCUT2D eigenvalue weighted by molar-refractivity contribution is 7.92. The zero-order chi connectivity index (χ0) is 15.5. The van der Waals surface area contributed by atoms with E-state index in [2.05, 4.69) is 15.1 Å². The van der Waals surface area contributed by atoms with Crippen LogP contribution in [-0.2, 0) is 10.0 Å². The van der Waals surface area contributed by atoms with E-state index in [1.54, 1.807) is 12.1 Å². The molecule has 1 heterocycles. The van der Waals surface area contributed by atoms with Crippen molar-refractivity contribution in [3.05, 3.63) is 52.7 Å². The van der Waals surface area contributed by atoms with Gasteiger partial charge in [-0.1, -0.05) is 6.07 Å². The maximum atomic E-state index is 12.2. The fraction of sp³-hybridized carbons (Fsp3) is 0. The second kappa shape index (κ2) is 5.73. The van der Waals surface area contributed by atoms with Gasteiger partial charge in [-0.2, -0.15) is 0 Å². The van der Waals surface area contributed by atoms with Gasteiger partial charge in [0.05, 0.1) is 10.6 Å². The van der Waals surface area contributed by atoms with Crippen LogP contribution in [0, 0.1) is 10.1 Å². The third-order valence-corrected chi connectivity index (χ3v) is 3.92. The maximum Gasteiger partial charge on any atom is 0.291 e. The molecule has 0 aliphatic rings. The molecule has 4 N–H and O–H groups in total. The van der Waals surface area contributed by atoms with Crippen molar-refractivity contribution in [3.8, 4) is 0 Å². The molecule has 110 valence electrons. The summed E-state index contributed by atoms with van der Waals surface area (Å²) < 4.78 is 26.6. The standard InChI is InChI=1S/C11H11N5O4S/c12-14-8-4-5-10(9(7-8)16(17)18)21(19,20)15-11-3-1-2-6-13-11/h1-7,14H,12H2,(H,13,15). The number of hydrogen-bond donors (Lipinski definition) is 3. The van der Waals surface area contributed by atoms with Crippen molar-refractivity contribution in [3.63, 3.8) is 0 Å². The lowest BCUT2D eigenvalue weighted by Gasteiger charge is -2.08. The monoisotopic (exact) mass is 309 g/mol. The smallest absolute Gasteiger partial charge is 0.291 e. The van der Waals surface area contributed by atoms with E-state index < -0.39 is 25.5 Å². The molecule has 1 aromatic carbocycles. The number of nitrogens with one attached hydrogen (secondary N) is 2. The van der Waals surface area contributed by atoms with Crippen molar-refractivity contribution in [2.75, 3.05) is 10.1 Å². The zero-order valence-electron chi connectivity index (χ0n) is 10.6. The van der Waals surface area contributed by atoms with Crippen LogP contribution in [0.4, 0.5) is 17.2 Å². The summed E-state index contributed by atoms with van der Waals surface area (Å²) in [6.45, 7) is 0. The predicted molar refractivity (Wildman–Crippen MR) is 76.0 cm³/mol. The highest BCUT2D eigenvalue weighted by Gasteiger charge is 2.26. The van der Waals surface area contributed by atoms with Crippen LogP contribution in [0.15, 0.2) is 47.5 Å². The average Bonchev–Trinajstić information content (AvgIpc) is 2.47. The van der Waals surface area contributed by atoms with Gasteiger partial charge in [0.15, 0.2) is 4.90 Å². The Morgan fingerprint density at radius 2 is 2.00 bits per heavy atom. The quantitative estimate of drug-likeness (QED) is 0.426. The molecule has 9 nitrogen and oxygen atoms in total. The third-order valence-electron chi connectivity index (χ3n) is 2.52. The van der Waals surface area contributed by atoms with Crippen LogP contribution in [0.5, 0.6) is 0 Å². The summed E-state index contributed by atoms with van der Waals surface area (Å²) in [6.07, 6.45) is 1.40. The Morgan fingerprint density at radius 3 is 2.57 bits per heavy atom. The topological polar surface area (TPSA) is 140 Å². The zero-order valence-corrected chi connectivity index (χ0v) is 11.4. The largest absolute Gasteiger partial charge is 0.324 e. The van der Waals surface area contributed by atoms with Crippen LogP contribution in [-0.4, -0.2) is 18.3 Å². The minimum Gasteiger partial charge on any atom is -0.324 e. The number of benzene rings is 1. The SMILES string of the molecule is NNc1ccc(S(=O)(=O)Nc2ccccn2)c([N+](=O)[O-])c1. The fourth-order valence-corrected chi connectivity index (χ4v) is 2.75. The highest BCUT2D eigenvalue weighted by atomic mass is 32.2. The summed E-state index contributed by atoms with van der Waals surface area (Å²) in [4.78, 5) is 13.6. The summed E-state index contributed by atoms with van der Waals surface area (Å²) in [5, 5.41) is 11.0. The second-order valence-electron chi connectivity index (χ2n) is 3.90. The number of rotatable bonds is 5. The second-order valence-corrected chi connectivity index (χ2v) is 5.56. The lowest BCUT2D eigenvalue weighted by Crippen LogP contribution is -2.16. The van der Waals surface area contributed by atoms with Crippen molar-refractivity contribution >= 4 is 27.2 Å². The first-order chi connectivity index (χ1) is 9.94. The minimum absolute atomic E-state index is 0.0628. The van der Waals surface area contributed by atoms with Crippen molar-refractivity contribution < 1.29 is 13.3 Å². The number of nitrogens with zero attached hydrogens (tertiary/aromatic N) is 2. The van der Waals surface area contributed by atoms with Gasteiger partial charge in [-0.3, -0.25) is 20.7 Å². The molecule has 1 aromatic heterocycles. The molecular formula is C11H11N5O4S. The molecule has 0 saturated heterocycles. The molecule has 0 atom stereocenters. The van der Waals surface area contributed by atoms with E-state index in [-0.39, 0.29) is 11.5 Å². The van der Waals surface area contributed by atoms with Gasteiger partial charge in [0.1, 0.15) is 5.82 Å². The summed E-state index contributed by atoms with van der Waals surface area (Å²) in [6, 6.07) is 8.08. The highest BCUT2D eigenvalue weighted by Crippen LogP contribution is 2.28. The van der Waals surface area contributed by atoms with Gasteiger partial charge >= 0.3 is 0 Å². The molecule has 21 heavy (non-hydrogen) atoms. The van der Waals surface area contributed by atoms with E-state index in [9.17, 15) is 18.5 Å². The van der Waals surface area contributed by atoms with Crippen LogP contribution in [0.25, 0.3) is 0 Å². The first-order valence-electron chi connectivity index (χ1n) is 5.63. The summed E-state index contributed by atoms with van der Waals surface area (Å²) in [7, 11) is -4.14. The Hall–Kier alpha value is -2.72. The number of hydrazine groups is 1. The summed E-state index contributed by atoms with van der Waals surface area (Å²) in [5.41, 5.74) is 1.85. The molecule has 0 saturated carbocycles. The predicted octanol–water partition coefficient (Wildman–Crippen LogP) is 1.08. The number of aromatic nitrogens is 1. The molecule has 0 unspecified atom stereocenters. The minimum atomic E-state index is -4.14. The number of anilines is 2. The van der Waals surface area contributed by atoms with Gasteiger partial charge in [-0.05, 0) is 24.3 Å². The van der Waals surface area contributed by atoms with Gasteiger partial charge in [0, 0.05) is 12.3 Å². The first kappa shape index (κ1) is 14.7. The van der Waals surface area contributed by atoms with Gasteiger partial charge in [-0.15, -0.1) is 0 Å². The molecule has 2 aromatic rings. The molecular weight excluding hydrogens is 298 g/mol. The van der Waals surface area contributed by atoms with Crippen molar-refractivity contribution in [2.45, 2.75) is 4.90 Å². The maximum absolute atomic E-state index is 12.2. The van der Waals surface area contributed by atoms with Gasteiger partial charge in [0.2, 0.25) is 0 Å². The van der Waals surface area contributed by atoms with Crippen molar-refractivity contribution in [1.29, 1.82) is 0 Å². The van der Waals surface area contributed by atoms with Crippen molar-refractivity contribution in [1.82, 2.24) is 4.98 Å². The summed E-state index contributed by atoms with van der Waals surface area (Å²) >= 11 is 0. The fourth-order valence-electron chi connectivity index (χ4n) is 1.59. The molecule has 10 heteroatoms. The number of nitro groups is 1. The van der Waals surface area contributed by atoms with Crippen LogP contribution in [0.3, 0.4) is 0 Å².